The topological polar surface area (TPSA) is 118 Å². The van der Waals surface area contributed by atoms with Crippen LogP contribution < -0.4 is 10.1 Å². The van der Waals surface area contributed by atoms with Gasteiger partial charge >= 0.3 is 6.16 Å². The normalized spacial score (nSPS) is 12.2. The zero-order chi connectivity index (χ0) is 28.1. The molecular weight excluding hydrogens is 506 g/mol. The Balaban J connectivity index is 0.000000758. The number of aromatic nitrogens is 2. The molecule has 8 heteroatoms. The molecule has 0 amide bonds. The van der Waals surface area contributed by atoms with Crippen LogP contribution in [0.1, 0.15) is 30.0 Å². The molecule has 3 N–H and O–H groups in total. The van der Waals surface area contributed by atoms with E-state index in [1.54, 1.807) is 13.3 Å². The number of benzene rings is 3. The Kier molecular flexibility index (Phi) is 7.77. The van der Waals surface area contributed by atoms with Gasteiger partial charge in [-0.1, -0.05) is 65.8 Å². The maximum absolute atomic E-state index is 8.56. The molecule has 0 unspecified atom stereocenters. The molecule has 0 spiro atoms. The fraction of sp³-hybridized carbons (Fsp3) is 0.156. The van der Waals surface area contributed by atoms with E-state index < -0.39 is 6.16 Å². The fourth-order valence-corrected chi connectivity index (χ4v) is 4.50. The van der Waals surface area contributed by atoms with E-state index in [4.69, 9.17) is 24.3 Å². The predicted molar refractivity (Wildman–Crippen MR) is 154 cm³/mol. The summed E-state index contributed by atoms with van der Waals surface area (Å²) in [6, 6.07) is 27.6. The van der Waals surface area contributed by atoms with Crippen molar-refractivity contribution in [3.05, 3.63) is 103 Å². The van der Waals surface area contributed by atoms with Gasteiger partial charge in [-0.05, 0) is 66.1 Å². The molecule has 0 radical (unpaired) electrons. The monoisotopic (exact) mass is 535 g/mol. The molecule has 3 aromatic carbocycles. The molecule has 1 aliphatic carbocycles. The lowest BCUT2D eigenvalue weighted by Gasteiger charge is -2.10. The summed E-state index contributed by atoms with van der Waals surface area (Å²) in [7, 11) is 1.65. The number of ether oxygens (including phenoxy) is 1. The summed E-state index contributed by atoms with van der Waals surface area (Å²) < 4.78 is 11.1. The van der Waals surface area contributed by atoms with Crippen LogP contribution in [0.2, 0.25) is 0 Å². The number of rotatable bonds is 7. The van der Waals surface area contributed by atoms with E-state index in [2.05, 4.69) is 76.1 Å². The van der Waals surface area contributed by atoms with Crippen LogP contribution in [0, 0.1) is 6.92 Å². The summed E-state index contributed by atoms with van der Waals surface area (Å²) in [5, 5.41) is 21.7. The number of nitrogens with zero attached hydrogens (tertiary/aromatic N) is 2. The van der Waals surface area contributed by atoms with Crippen molar-refractivity contribution in [2.24, 2.45) is 0 Å². The smallest absolute Gasteiger partial charge is 0.495 e. The summed E-state index contributed by atoms with van der Waals surface area (Å²) in [4.78, 5) is 12.8. The van der Waals surface area contributed by atoms with Crippen molar-refractivity contribution in [2.45, 2.75) is 25.7 Å². The first-order valence-electron chi connectivity index (χ1n) is 12.9. The molecular formula is C32H29N3O5. The van der Waals surface area contributed by atoms with E-state index in [-0.39, 0.29) is 0 Å². The molecule has 5 aromatic rings. The molecule has 0 bridgehead atoms. The molecule has 1 fully saturated rings. The molecule has 1 aliphatic rings. The third-order valence-corrected chi connectivity index (χ3v) is 6.72. The predicted octanol–water partition coefficient (Wildman–Crippen LogP) is 8.23. The Bertz CT molecular complexity index is 1600. The van der Waals surface area contributed by atoms with Crippen LogP contribution in [0.3, 0.4) is 0 Å². The van der Waals surface area contributed by atoms with Gasteiger partial charge in [-0.15, -0.1) is 0 Å². The van der Waals surface area contributed by atoms with Gasteiger partial charge < -0.3 is 24.8 Å². The highest BCUT2D eigenvalue weighted by Crippen LogP contribution is 2.41. The van der Waals surface area contributed by atoms with Gasteiger partial charge in [-0.25, -0.2) is 4.79 Å². The van der Waals surface area contributed by atoms with E-state index in [0.717, 1.165) is 51.2 Å². The molecule has 1 saturated carbocycles. The lowest BCUT2D eigenvalue weighted by Crippen LogP contribution is -1.94. The molecule has 0 aliphatic heterocycles. The quantitative estimate of drug-likeness (QED) is 0.191. The number of anilines is 2. The van der Waals surface area contributed by atoms with Gasteiger partial charge in [-0.2, -0.15) is 0 Å². The first-order valence-corrected chi connectivity index (χ1v) is 12.9. The van der Waals surface area contributed by atoms with Crippen molar-refractivity contribution in [3.8, 4) is 39.3 Å². The number of methoxy groups -OCH3 is 1. The highest BCUT2D eigenvalue weighted by Gasteiger charge is 2.23. The minimum absolute atomic E-state index is 0.719. The largest absolute Gasteiger partial charge is 0.503 e. The summed E-state index contributed by atoms with van der Waals surface area (Å²) in [5.41, 5.74) is 9.47. The highest BCUT2D eigenvalue weighted by molar-refractivity contribution is 5.81. The minimum Gasteiger partial charge on any atom is -0.495 e. The second kappa shape index (κ2) is 11.7. The zero-order valence-corrected chi connectivity index (χ0v) is 22.2. The summed E-state index contributed by atoms with van der Waals surface area (Å²) in [6.07, 6.45) is 4.35. The van der Waals surface area contributed by atoms with Crippen molar-refractivity contribution < 1.29 is 24.3 Å². The van der Waals surface area contributed by atoms with Crippen LogP contribution in [0.25, 0.3) is 33.6 Å². The van der Waals surface area contributed by atoms with Gasteiger partial charge in [-0.3, -0.25) is 4.98 Å². The van der Waals surface area contributed by atoms with Crippen LogP contribution in [-0.2, 0) is 0 Å². The highest BCUT2D eigenvalue weighted by atomic mass is 16.6. The van der Waals surface area contributed by atoms with E-state index in [1.807, 2.05) is 31.3 Å². The molecule has 40 heavy (non-hydrogen) atoms. The van der Waals surface area contributed by atoms with E-state index in [9.17, 15) is 0 Å². The van der Waals surface area contributed by atoms with Crippen molar-refractivity contribution in [2.75, 3.05) is 12.4 Å². The van der Waals surface area contributed by atoms with Gasteiger partial charge in [0.05, 0.1) is 13.3 Å². The second-order valence-corrected chi connectivity index (χ2v) is 9.55. The molecule has 202 valence electrons. The number of carbonyl (C=O) groups is 1. The first-order chi connectivity index (χ1) is 19.4. The average molecular weight is 536 g/mol. The Morgan fingerprint density at radius 1 is 0.875 bits per heavy atom. The Morgan fingerprint density at radius 2 is 1.52 bits per heavy atom. The zero-order valence-electron chi connectivity index (χ0n) is 22.2. The molecule has 2 aromatic heterocycles. The van der Waals surface area contributed by atoms with Crippen molar-refractivity contribution in [1.29, 1.82) is 0 Å². The number of hydrogen-bond acceptors (Lipinski definition) is 6. The lowest BCUT2D eigenvalue weighted by molar-refractivity contribution is 0.137. The SMILES string of the molecule is COc1cncc(-c2cccc(Nc3c(C)noc3-c3ccc(-c4ccc(C5CC5)cc4)cc3)c2)c1.O=C(O)O. The van der Waals surface area contributed by atoms with Crippen LogP contribution in [0.15, 0.2) is 95.8 Å². The maximum Gasteiger partial charge on any atom is 0.503 e. The van der Waals surface area contributed by atoms with Gasteiger partial charge in [0, 0.05) is 23.0 Å². The summed E-state index contributed by atoms with van der Waals surface area (Å²) in [6.45, 7) is 1.95. The number of aryl methyl sites for hydroxylation is 1. The van der Waals surface area contributed by atoms with Gasteiger partial charge in [0.1, 0.15) is 17.1 Å². The van der Waals surface area contributed by atoms with Crippen LogP contribution in [-0.4, -0.2) is 33.6 Å². The Labute approximate surface area is 231 Å². The summed E-state index contributed by atoms with van der Waals surface area (Å²) >= 11 is 0. The van der Waals surface area contributed by atoms with Crippen LogP contribution in [0.5, 0.6) is 5.75 Å². The van der Waals surface area contributed by atoms with Gasteiger partial charge in [0.25, 0.3) is 0 Å². The van der Waals surface area contributed by atoms with E-state index >= 15 is 0 Å². The molecule has 0 saturated heterocycles. The van der Waals surface area contributed by atoms with Crippen molar-refractivity contribution in [1.82, 2.24) is 10.1 Å². The number of pyridine rings is 1. The first kappa shape index (κ1) is 26.5. The Morgan fingerprint density at radius 3 is 2.17 bits per heavy atom. The number of nitrogens with one attached hydrogen (secondary N) is 1. The fourth-order valence-electron chi connectivity index (χ4n) is 4.50. The minimum atomic E-state index is -1.83. The van der Waals surface area contributed by atoms with Crippen LogP contribution in [0.4, 0.5) is 16.2 Å². The average Bonchev–Trinajstić information content (AvgIpc) is 3.77. The third kappa shape index (κ3) is 6.30. The maximum atomic E-state index is 8.56. The summed E-state index contributed by atoms with van der Waals surface area (Å²) in [5.74, 6) is 2.22. The second-order valence-electron chi connectivity index (χ2n) is 9.55. The Hall–Kier alpha value is -5.11. The van der Waals surface area contributed by atoms with Gasteiger partial charge in [0.15, 0.2) is 5.76 Å². The standard InChI is InChI=1S/C31H27N3O2.CH2O3/c1-20-30(33-28-5-3-4-26(16-28)27-17-29(35-2)19-32-18-27)31(36-34-20)25-14-12-24(13-15-25)23-10-8-22(9-11-23)21-6-7-21;2-1(3)4/h3-5,8-19,21,33H,6-7H2,1-2H3;(H2,2,3,4). The van der Waals surface area contributed by atoms with Gasteiger partial charge in [0.2, 0.25) is 0 Å². The third-order valence-electron chi connectivity index (χ3n) is 6.72. The number of hydrogen-bond donors (Lipinski definition) is 3. The lowest BCUT2D eigenvalue weighted by atomic mass is 10.0. The molecule has 0 atom stereocenters. The number of carboxylic acid groups (broad SMARTS) is 2. The van der Waals surface area contributed by atoms with Crippen molar-refractivity contribution in [3.63, 3.8) is 0 Å². The molecule has 6 rings (SSSR count). The van der Waals surface area contributed by atoms with Crippen molar-refractivity contribution >= 4 is 17.5 Å². The van der Waals surface area contributed by atoms with Crippen LogP contribution >= 0.6 is 0 Å². The van der Waals surface area contributed by atoms with E-state index in [0.29, 0.717) is 0 Å². The molecule has 2 heterocycles. The van der Waals surface area contributed by atoms with E-state index in [1.165, 1.54) is 29.5 Å². The molecule has 8 nitrogen and oxygen atoms in total.